The van der Waals surface area contributed by atoms with E-state index in [2.05, 4.69) is 5.32 Å². The SMILES string of the molecule is O=C(NCc1cc(=O)c(O)co1)OCc1ccccc1. The first-order valence-electron chi connectivity index (χ1n) is 5.90. The number of ether oxygens (including phenoxy) is 1. The molecule has 20 heavy (non-hydrogen) atoms. The summed E-state index contributed by atoms with van der Waals surface area (Å²) < 4.78 is 9.92. The fourth-order valence-electron chi connectivity index (χ4n) is 1.47. The van der Waals surface area contributed by atoms with Crippen molar-refractivity contribution in [1.82, 2.24) is 5.32 Å². The molecule has 0 aliphatic carbocycles. The van der Waals surface area contributed by atoms with Gasteiger partial charge in [0.15, 0.2) is 5.75 Å². The van der Waals surface area contributed by atoms with E-state index >= 15 is 0 Å². The molecule has 1 aromatic heterocycles. The van der Waals surface area contributed by atoms with Gasteiger partial charge in [-0.15, -0.1) is 0 Å². The molecule has 0 unspecified atom stereocenters. The molecule has 0 aliphatic rings. The van der Waals surface area contributed by atoms with E-state index in [1.807, 2.05) is 30.3 Å². The molecule has 0 fully saturated rings. The maximum absolute atomic E-state index is 11.4. The molecule has 0 bridgehead atoms. The molecule has 6 nitrogen and oxygen atoms in total. The van der Waals surface area contributed by atoms with Gasteiger partial charge in [0.2, 0.25) is 5.43 Å². The molecule has 0 atom stereocenters. The normalized spacial score (nSPS) is 10.0. The molecular weight excluding hydrogens is 262 g/mol. The van der Waals surface area contributed by atoms with Gasteiger partial charge >= 0.3 is 6.09 Å². The van der Waals surface area contributed by atoms with Crippen LogP contribution in [0.4, 0.5) is 4.79 Å². The highest BCUT2D eigenvalue weighted by atomic mass is 16.5. The lowest BCUT2D eigenvalue weighted by atomic mass is 10.2. The molecule has 1 amide bonds. The number of aromatic hydroxyl groups is 1. The molecule has 2 aromatic rings. The molecule has 104 valence electrons. The summed E-state index contributed by atoms with van der Waals surface area (Å²) in [5.41, 5.74) is 0.310. The third-order valence-corrected chi connectivity index (χ3v) is 2.49. The molecule has 2 rings (SSSR count). The molecule has 6 heteroatoms. The maximum Gasteiger partial charge on any atom is 0.407 e. The number of hydrogen-bond donors (Lipinski definition) is 2. The van der Waals surface area contributed by atoms with Crippen molar-refractivity contribution in [2.45, 2.75) is 13.2 Å². The lowest BCUT2D eigenvalue weighted by molar-refractivity contribution is 0.138. The molecular formula is C14H13NO5. The molecule has 0 radical (unpaired) electrons. The van der Waals surface area contributed by atoms with Gasteiger partial charge in [0.25, 0.3) is 0 Å². The Bertz CT molecular complexity index is 636. The number of rotatable bonds is 4. The standard InChI is InChI=1S/C14H13NO5/c16-12-6-11(19-9-13(12)17)7-15-14(18)20-8-10-4-2-1-3-5-10/h1-6,9,17H,7-8H2,(H,15,18). The zero-order valence-electron chi connectivity index (χ0n) is 10.5. The zero-order chi connectivity index (χ0) is 14.4. The number of nitrogens with one attached hydrogen (secondary N) is 1. The first-order chi connectivity index (χ1) is 9.65. The fraction of sp³-hybridized carbons (Fsp3) is 0.143. The van der Waals surface area contributed by atoms with Gasteiger partial charge in [-0.2, -0.15) is 0 Å². The Morgan fingerprint density at radius 3 is 2.75 bits per heavy atom. The summed E-state index contributed by atoms with van der Waals surface area (Å²) in [6, 6.07) is 10.4. The second kappa shape index (κ2) is 6.42. The van der Waals surface area contributed by atoms with Gasteiger partial charge < -0.3 is 19.6 Å². The Kier molecular flexibility index (Phi) is 4.39. The van der Waals surface area contributed by atoms with Gasteiger partial charge in [0.05, 0.1) is 6.54 Å². The number of amides is 1. The second-order valence-corrected chi connectivity index (χ2v) is 4.01. The third kappa shape index (κ3) is 3.88. The number of alkyl carbamates (subject to hydrolysis) is 1. The number of hydrogen-bond acceptors (Lipinski definition) is 5. The van der Waals surface area contributed by atoms with Crippen molar-refractivity contribution >= 4 is 6.09 Å². The summed E-state index contributed by atoms with van der Waals surface area (Å²) in [5.74, 6) is -0.245. The molecule has 1 aromatic carbocycles. The van der Waals surface area contributed by atoms with Crippen LogP contribution in [0.5, 0.6) is 5.75 Å². The minimum atomic E-state index is -0.621. The van der Waals surface area contributed by atoms with Gasteiger partial charge in [-0.1, -0.05) is 30.3 Å². The Balaban J connectivity index is 1.80. The van der Waals surface area contributed by atoms with Crippen LogP contribution < -0.4 is 10.7 Å². The summed E-state index contributed by atoms with van der Waals surface area (Å²) in [6.07, 6.45) is 0.304. The van der Waals surface area contributed by atoms with Crippen molar-refractivity contribution in [3.8, 4) is 5.75 Å². The average Bonchev–Trinajstić information content (AvgIpc) is 2.47. The molecule has 2 N–H and O–H groups in total. The van der Waals surface area contributed by atoms with Crippen LogP contribution in [0, 0.1) is 0 Å². The summed E-state index contributed by atoms with van der Waals surface area (Å²) in [5, 5.41) is 11.5. The second-order valence-electron chi connectivity index (χ2n) is 4.01. The average molecular weight is 275 g/mol. The van der Waals surface area contributed by atoms with Crippen LogP contribution in [0.3, 0.4) is 0 Å². The van der Waals surface area contributed by atoms with Crippen LogP contribution in [-0.2, 0) is 17.9 Å². The largest absolute Gasteiger partial charge is 0.502 e. The minimum absolute atomic E-state index is 0.00312. The van der Waals surface area contributed by atoms with Gasteiger partial charge in [-0.05, 0) is 5.56 Å². The molecule has 0 aliphatic heterocycles. The van der Waals surface area contributed by atoms with Crippen LogP contribution in [-0.4, -0.2) is 11.2 Å². The van der Waals surface area contributed by atoms with E-state index in [1.165, 1.54) is 0 Å². The van der Waals surface area contributed by atoms with Crippen LogP contribution >= 0.6 is 0 Å². The summed E-state index contributed by atoms with van der Waals surface area (Å²) in [6.45, 7) is 0.162. The molecule has 0 saturated heterocycles. The lowest BCUT2D eigenvalue weighted by Crippen LogP contribution is -2.24. The monoisotopic (exact) mass is 275 g/mol. The van der Waals surface area contributed by atoms with Crippen molar-refractivity contribution in [2.24, 2.45) is 0 Å². The van der Waals surface area contributed by atoms with Crippen molar-refractivity contribution in [3.05, 3.63) is 64.2 Å². The van der Waals surface area contributed by atoms with Crippen LogP contribution in [0.1, 0.15) is 11.3 Å². The summed E-state index contributed by atoms with van der Waals surface area (Å²) >= 11 is 0. The van der Waals surface area contributed by atoms with Crippen molar-refractivity contribution in [3.63, 3.8) is 0 Å². The minimum Gasteiger partial charge on any atom is -0.502 e. The summed E-state index contributed by atoms with van der Waals surface area (Å²) in [7, 11) is 0. The number of carbonyl (C=O) groups is 1. The highest BCUT2D eigenvalue weighted by Crippen LogP contribution is 2.04. The van der Waals surface area contributed by atoms with Crippen molar-refractivity contribution < 1.29 is 19.1 Å². The number of carbonyl (C=O) groups excluding carboxylic acids is 1. The zero-order valence-corrected chi connectivity index (χ0v) is 10.5. The Hall–Kier alpha value is -2.76. The van der Waals surface area contributed by atoms with E-state index in [-0.39, 0.29) is 18.9 Å². The van der Waals surface area contributed by atoms with Crippen LogP contribution in [0.15, 0.2) is 51.9 Å². The van der Waals surface area contributed by atoms with Crippen LogP contribution in [0.2, 0.25) is 0 Å². The third-order valence-electron chi connectivity index (χ3n) is 2.49. The topological polar surface area (TPSA) is 88.8 Å². The highest BCUT2D eigenvalue weighted by molar-refractivity contribution is 5.67. The summed E-state index contributed by atoms with van der Waals surface area (Å²) in [4.78, 5) is 22.6. The van der Waals surface area contributed by atoms with Crippen molar-refractivity contribution in [1.29, 1.82) is 0 Å². The van der Waals surface area contributed by atoms with Gasteiger partial charge in [0.1, 0.15) is 18.6 Å². The first-order valence-corrected chi connectivity index (χ1v) is 5.90. The van der Waals surface area contributed by atoms with Gasteiger partial charge in [-0.25, -0.2) is 4.79 Å². The maximum atomic E-state index is 11.4. The van der Waals surface area contributed by atoms with E-state index in [9.17, 15) is 9.59 Å². The molecule has 0 saturated carbocycles. The van der Waals surface area contributed by atoms with Gasteiger partial charge in [-0.3, -0.25) is 4.79 Å². The molecule has 0 spiro atoms. The predicted octanol–water partition coefficient (Wildman–Crippen LogP) is 1.77. The van der Waals surface area contributed by atoms with Gasteiger partial charge in [0, 0.05) is 6.07 Å². The van der Waals surface area contributed by atoms with E-state index in [1.54, 1.807) is 0 Å². The Morgan fingerprint density at radius 2 is 2.05 bits per heavy atom. The van der Waals surface area contributed by atoms with E-state index in [4.69, 9.17) is 14.3 Å². The Labute approximate surface area is 114 Å². The number of benzene rings is 1. The first kappa shape index (κ1) is 13.7. The van der Waals surface area contributed by atoms with E-state index in [0.717, 1.165) is 17.9 Å². The predicted molar refractivity (Wildman–Crippen MR) is 70.1 cm³/mol. The lowest BCUT2D eigenvalue weighted by Gasteiger charge is -2.06. The highest BCUT2D eigenvalue weighted by Gasteiger charge is 2.05. The van der Waals surface area contributed by atoms with E-state index in [0.29, 0.717) is 0 Å². The van der Waals surface area contributed by atoms with E-state index < -0.39 is 17.3 Å². The molecule has 1 heterocycles. The quantitative estimate of drug-likeness (QED) is 0.887. The Morgan fingerprint density at radius 1 is 1.30 bits per heavy atom. The smallest absolute Gasteiger partial charge is 0.407 e. The van der Waals surface area contributed by atoms with Crippen molar-refractivity contribution in [2.75, 3.05) is 0 Å². The van der Waals surface area contributed by atoms with Crippen LogP contribution in [0.25, 0.3) is 0 Å². The fourth-order valence-corrected chi connectivity index (χ4v) is 1.47.